The highest BCUT2D eigenvalue weighted by Crippen LogP contribution is 2.47. The van der Waals surface area contributed by atoms with Gasteiger partial charge in [0.15, 0.2) is 11.5 Å². The van der Waals surface area contributed by atoms with Gasteiger partial charge in [-0.2, -0.15) is 5.10 Å². The number of nitrogens with one attached hydrogen (secondary N) is 1. The van der Waals surface area contributed by atoms with Crippen LogP contribution in [0.25, 0.3) is 11.3 Å². The Hall–Kier alpha value is -3.48. The largest absolute Gasteiger partial charge is 0.497 e. The summed E-state index contributed by atoms with van der Waals surface area (Å²) in [7, 11) is 3.26. The molecule has 0 spiro atoms. The number of ether oxygens (including phenoxy) is 3. The summed E-state index contributed by atoms with van der Waals surface area (Å²) in [5.74, 6) is 2.00. The Morgan fingerprint density at radius 2 is 1.75 bits per heavy atom. The Morgan fingerprint density at radius 1 is 1.03 bits per heavy atom. The van der Waals surface area contributed by atoms with Gasteiger partial charge in [0.1, 0.15) is 11.4 Å². The zero-order chi connectivity index (χ0) is 23.0. The van der Waals surface area contributed by atoms with Crippen molar-refractivity contribution in [1.29, 1.82) is 0 Å². The van der Waals surface area contributed by atoms with E-state index in [9.17, 15) is 4.79 Å². The molecule has 1 aliphatic heterocycles. The van der Waals surface area contributed by atoms with E-state index in [-0.39, 0.29) is 11.9 Å². The normalized spacial score (nSPS) is 15.6. The Bertz CT molecular complexity index is 1130. The molecule has 1 N–H and O–H groups in total. The molecule has 7 nitrogen and oxygen atoms in total. The first-order valence-corrected chi connectivity index (χ1v) is 10.7. The second kappa shape index (κ2) is 8.22. The molecule has 1 amide bonds. The summed E-state index contributed by atoms with van der Waals surface area (Å²) in [6.45, 7) is 8.59. The topological polar surface area (TPSA) is 76.7 Å². The van der Waals surface area contributed by atoms with Gasteiger partial charge in [0.2, 0.25) is 0 Å². The number of rotatable bonds is 6. The molecule has 168 valence electrons. The zero-order valence-corrected chi connectivity index (χ0v) is 19.4. The van der Waals surface area contributed by atoms with Crippen molar-refractivity contribution in [3.63, 3.8) is 0 Å². The number of carbonyl (C=O) groups is 1. The number of benzene rings is 2. The minimum atomic E-state index is -0.412. The monoisotopic (exact) mass is 435 g/mol. The molecule has 1 atom stereocenters. The number of hydrogen-bond acceptors (Lipinski definition) is 5. The van der Waals surface area contributed by atoms with E-state index in [2.05, 4.69) is 10.2 Å². The van der Waals surface area contributed by atoms with Gasteiger partial charge in [0, 0.05) is 16.7 Å². The number of carbonyl (C=O) groups excluding carboxylic acids is 1. The Morgan fingerprint density at radius 3 is 2.34 bits per heavy atom. The number of fused-ring (bicyclic) bond motifs is 1. The van der Waals surface area contributed by atoms with Gasteiger partial charge in [-0.25, -0.2) is 0 Å². The lowest BCUT2D eigenvalue weighted by Gasteiger charge is -2.38. The molecule has 32 heavy (non-hydrogen) atoms. The molecule has 1 unspecified atom stereocenters. The lowest BCUT2D eigenvalue weighted by Crippen LogP contribution is -2.44. The van der Waals surface area contributed by atoms with Crippen molar-refractivity contribution >= 4 is 5.91 Å². The quantitative estimate of drug-likeness (QED) is 0.600. The first kappa shape index (κ1) is 21.7. The van der Waals surface area contributed by atoms with Crippen LogP contribution >= 0.6 is 0 Å². The van der Waals surface area contributed by atoms with Crippen molar-refractivity contribution in [2.75, 3.05) is 20.8 Å². The van der Waals surface area contributed by atoms with Crippen molar-refractivity contribution in [2.24, 2.45) is 0 Å². The zero-order valence-electron chi connectivity index (χ0n) is 19.4. The predicted molar refractivity (Wildman–Crippen MR) is 123 cm³/mol. The molecule has 7 heteroatoms. The summed E-state index contributed by atoms with van der Waals surface area (Å²) in [6, 6.07) is 13.2. The summed E-state index contributed by atoms with van der Waals surface area (Å²) in [6.07, 6.45) is 0. The van der Waals surface area contributed by atoms with Crippen molar-refractivity contribution in [3.8, 4) is 28.5 Å². The molecule has 3 aromatic rings. The Kier molecular flexibility index (Phi) is 5.59. The van der Waals surface area contributed by atoms with Crippen LogP contribution in [0.1, 0.15) is 55.4 Å². The van der Waals surface area contributed by atoms with E-state index < -0.39 is 5.54 Å². The van der Waals surface area contributed by atoms with Crippen LogP contribution in [-0.4, -0.2) is 47.4 Å². The molecule has 0 bridgehead atoms. The van der Waals surface area contributed by atoms with Crippen LogP contribution in [0.4, 0.5) is 0 Å². The molecule has 0 fully saturated rings. The summed E-state index contributed by atoms with van der Waals surface area (Å²) in [4.78, 5) is 15.4. The van der Waals surface area contributed by atoms with Gasteiger partial charge in [-0.1, -0.05) is 6.07 Å². The number of aromatic nitrogens is 2. The van der Waals surface area contributed by atoms with Crippen molar-refractivity contribution in [3.05, 3.63) is 59.3 Å². The highest BCUT2D eigenvalue weighted by Gasteiger charge is 2.46. The third-order valence-electron chi connectivity index (χ3n) is 5.66. The van der Waals surface area contributed by atoms with E-state index in [1.807, 2.05) is 75.1 Å². The SMILES string of the molecule is CCOc1ccc(C2c3c(-c4ccc(OC)cc4)n[nH]c3C(=O)N2C(C)(C)C)cc1OC. The fourth-order valence-corrected chi connectivity index (χ4v) is 4.25. The van der Waals surface area contributed by atoms with Gasteiger partial charge < -0.3 is 19.1 Å². The van der Waals surface area contributed by atoms with E-state index in [0.29, 0.717) is 23.8 Å². The number of amides is 1. The molecule has 0 saturated carbocycles. The molecule has 0 saturated heterocycles. The molecule has 0 radical (unpaired) electrons. The van der Waals surface area contributed by atoms with Crippen LogP contribution in [0, 0.1) is 0 Å². The second-order valence-electron chi connectivity index (χ2n) is 8.68. The number of nitrogens with zero attached hydrogens (tertiary/aromatic N) is 2. The molecule has 1 aromatic heterocycles. The molecule has 1 aliphatic rings. The third kappa shape index (κ3) is 3.57. The van der Waals surface area contributed by atoms with Crippen molar-refractivity contribution < 1.29 is 19.0 Å². The maximum Gasteiger partial charge on any atom is 0.273 e. The van der Waals surface area contributed by atoms with E-state index >= 15 is 0 Å². The van der Waals surface area contributed by atoms with Crippen LogP contribution in [0.5, 0.6) is 17.2 Å². The maximum absolute atomic E-state index is 13.5. The van der Waals surface area contributed by atoms with Gasteiger partial charge in [0.25, 0.3) is 5.91 Å². The lowest BCUT2D eigenvalue weighted by molar-refractivity contribution is 0.0545. The van der Waals surface area contributed by atoms with E-state index in [1.54, 1.807) is 14.2 Å². The van der Waals surface area contributed by atoms with E-state index in [0.717, 1.165) is 28.1 Å². The summed E-state index contributed by atoms with van der Waals surface area (Å²) < 4.78 is 16.6. The van der Waals surface area contributed by atoms with Crippen LogP contribution < -0.4 is 14.2 Å². The van der Waals surface area contributed by atoms with E-state index in [1.165, 1.54) is 0 Å². The smallest absolute Gasteiger partial charge is 0.273 e. The van der Waals surface area contributed by atoms with Gasteiger partial charge >= 0.3 is 0 Å². The molecular weight excluding hydrogens is 406 g/mol. The van der Waals surface area contributed by atoms with Crippen molar-refractivity contribution in [1.82, 2.24) is 15.1 Å². The number of H-pyrrole nitrogens is 1. The molecule has 2 aromatic carbocycles. The summed E-state index contributed by atoms with van der Waals surface area (Å²) >= 11 is 0. The van der Waals surface area contributed by atoms with Gasteiger partial charge in [-0.3, -0.25) is 9.89 Å². The highest BCUT2D eigenvalue weighted by atomic mass is 16.5. The minimum Gasteiger partial charge on any atom is -0.497 e. The van der Waals surface area contributed by atoms with Crippen LogP contribution in [0.2, 0.25) is 0 Å². The third-order valence-corrected chi connectivity index (χ3v) is 5.66. The fraction of sp³-hybridized carbons (Fsp3) is 0.360. The highest BCUT2D eigenvalue weighted by molar-refractivity contribution is 6.00. The minimum absolute atomic E-state index is 0.0717. The van der Waals surface area contributed by atoms with Crippen LogP contribution in [-0.2, 0) is 0 Å². The number of methoxy groups -OCH3 is 2. The number of hydrogen-bond donors (Lipinski definition) is 1. The average Bonchev–Trinajstić information content (AvgIpc) is 3.33. The average molecular weight is 436 g/mol. The Labute approximate surface area is 188 Å². The predicted octanol–water partition coefficient (Wildman–Crippen LogP) is 4.84. The van der Waals surface area contributed by atoms with Gasteiger partial charge in [-0.15, -0.1) is 0 Å². The lowest BCUT2D eigenvalue weighted by atomic mass is 9.93. The Balaban J connectivity index is 1.89. The second-order valence-corrected chi connectivity index (χ2v) is 8.68. The fourth-order valence-electron chi connectivity index (χ4n) is 4.25. The van der Waals surface area contributed by atoms with Gasteiger partial charge in [0.05, 0.1) is 32.6 Å². The number of aromatic amines is 1. The maximum atomic E-state index is 13.5. The van der Waals surface area contributed by atoms with Crippen LogP contribution in [0.15, 0.2) is 42.5 Å². The summed E-state index contributed by atoms with van der Waals surface area (Å²) in [5.41, 5.74) is 3.56. The molecule has 0 aliphatic carbocycles. The van der Waals surface area contributed by atoms with Gasteiger partial charge in [-0.05, 0) is 69.7 Å². The first-order valence-electron chi connectivity index (χ1n) is 10.7. The van der Waals surface area contributed by atoms with Crippen molar-refractivity contribution in [2.45, 2.75) is 39.3 Å². The standard InChI is InChI=1S/C25H29N3O4/c1-7-32-18-13-10-16(14-19(18)31-6)23-20-21(15-8-11-17(30-5)12-9-15)26-27-22(20)24(29)28(23)25(2,3)4/h8-14,23H,7H2,1-6H3,(H,26,27). The molecule has 2 heterocycles. The summed E-state index contributed by atoms with van der Waals surface area (Å²) in [5, 5.41) is 7.52. The molecular formula is C25H29N3O4. The van der Waals surface area contributed by atoms with Crippen LogP contribution in [0.3, 0.4) is 0 Å². The molecule has 4 rings (SSSR count). The van der Waals surface area contributed by atoms with E-state index in [4.69, 9.17) is 14.2 Å². The first-order chi connectivity index (χ1) is 15.3.